The van der Waals surface area contributed by atoms with E-state index < -0.39 is 23.4 Å². The van der Waals surface area contributed by atoms with Crippen molar-refractivity contribution in [2.45, 2.75) is 52.7 Å². The van der Waals surface area contributed by atoms with Gasteiger partial charge in [0.15, 0.2) is 0 Å². The molecule has 6 nitrogen and oxygen atoms in total. The van der Waals surface area contributed by atoms with Crippen LogP contribution < -0.4 is 9.44 Å². The summed E-state index contributed by atoms with van der Waals surface area (Å²) in [7, 11) is 0. The van der Waals surface area contributed by atoms with E-state index in [0.29, 0.717) is 12.1 Å². The number of amides is 2. The summed E-state index contributed by atoms with van der Waals surface area (Å²) in [6, 6.07) is 0. The average molecular weight is 264 g/mol. The molecule has 7 heteroatoms. The van der Waals surface area contributed by atoms with Crippen LogP contribution in [-0.4, -0.2) is 23.4 Å². The molecule has 0 rings (SSSR count). The predicted molar refractivity (Wildman–Crippen MR) is 66.3 cm³/mol. The Morgan fingerprint density at radius 3 is 1.35 bits per heavy atom. The van der Waals surface area contributed by atoms with Crippen LogP contribution in [0.1, 0.15) is 41.5 Å². The van der Waals surface area contributed by atoms with Crippen LogP contribution in [0.15, 0.2) is 0 Å². The van der Waals surface area contributed by atoms with Crippen molar-refractivity contribution in [1.29, 1.82) is 0 Å². The first kappa shape index (κ1) is 15.9. The average Bonchev–Trinajstić information content (AvgIpc) is 1.95. The van der Waals surface area contributed by atoms with Crippen molar-refractivity contribution < 1.29 is 19.1 Å². The number of rotatable bonds is 2. The lowest BCUT2D eigenvalue weighted by Gasteiger charge is -2.20. The fraction of sp³-hybridized carbons (Fsp3) is 0.800. The monoisotopic (exact) mass is 264 g/mol. The first-order valence-corrected chi connectivity index (χ1v) is 5.95. The highest BCUT2D eigenvalue weighted by Crippen LogP contribution is 2.09. The lowest BCUT2D eigenvalue weighted by molar-refractivity contribution is 0.0570. The number of ether oxygens (including phenoxy) is 2. The predicted octanol–water partition coefficient (Wildman–Crippen LogP) is 2.60. The maximum absolute atomic E-state index is 11.2. The fourth-order valence-corrected chi connectivity index (χ4v) is 1.01. The molecule has 0 aliphatic carbocycles. The molecule has 0 fully saturated rings. The third-order valence-corrected chi connectivity index (χ3v) is 1.60. The van der Waals surface area contributed by atoms with E-state index in [4.69, 9.17) is 9.47 Å². The molecular formula is C10H20N2O4S. The van der Waals surface area contributed by atoms with Crippen molar-refractivity contribution in [2.24, 2.45) is 0 Å². The second kappa shape index (κ2) is 6.00. The quantitative estimate of drug-likeness (QED) is 0.750. The van der Waals surface area contributed by atoms with Crippen LogP contribution in [0.25, 0.3) is 0 Å². The minimum Gasteiger partial charge on any atom is -0.443 e. The molecule has 0 saturated carbocycles. The van der Waals surface area contributed by atoms with Crippen LogP contribution in [0.3, 0.4) is 0 Å². The maximum Gasteiger partial charge on any atom is 0.419 e. The lowest BCUT2D eigenvalue weighted by atomic mass is 10.2. The Morgan fingerprint density at radius 2 is 1.12 bits per heavy atom. The molecule has 0 saturated heterocycles. The molecule has 0 spiro atoms. The Kier molecular flexibility index (Phi) is 5.60. The number of hydrogen-bond donors (Lipinski definition) is 2. The summed E-state index contributed by atoms with van der Waals surface area (Å²) >= 11 is 0.702. The Labute approximate surface area is 106 Å². The summed E-state index contributed by atoms with van der Waals surface area (Å²) in [5, 5.41) is 0. The zero-order chi connectivity index (χ0) is 13.7. The first-order chi connectivity index (χ1) is 7.49. The van der Waals surface area contributed by atoms with Gasteiger partial charge in [0.05, 0.1) is 12.1 Å². The van der Waals surface area contributed by atoms with Crippen LogP contribution in [0.5, 0.6) is 0 Å². The van der Waals surface area contributed by atoms with Gasteiger partial charge in [-0.1, -0.05) is 0 Å². The van der Waals surface area contributed by atoms with Gasteiger partial charge in [0.25, 0.3) is 0 Å². The van der Waals surface area contributed by atoms with Gasteiger partial charge in [-0.3, -0.25) is 0 Å². The van der Waals surface area contributed by atoms with Gasteiger partial charge < -0.3 is 9.47 Å². The molecular weight excluding hydrogens is 244 g/mol. The third-order valence-electron chi connectivity index (χ3n) is 1.07. The second-order valence-corrected chi connectivity index (χ2v) is 5.92. The first-order valence-electron chi connectivity index (χ1n) is 5.13. The van der Waals surface area contributed by atoms with Crippen molar-refractivity contribution in [3.8, 4) is 0 Å². The molecule has 0 radical (unpaired) electrons. The van der Waals surface area contributed by atoms with Crippen LogP contribution >= 0.6 is 12.1 Å². The molecule has 0 aliphatic heterocycles. The second-order valence-electron chi connectivity index (χ2n) is 5.31. The van der Waals surface area contributed by atoms with Crippen molar-refractivity contribution in [1.82, 2.24) is 9.44 Å². The van der Waals surface area contributed by atoms with Gasteiger partial charge >= 0.3 is 12.2 Å². The summed E-state index contributed by atoms with van der Waals surface area (Å²) in [4.78, 5) is 22.4. The highest BCUT2D eigenvalue weighted by Gasteiger charge is 2.18. The van der Waals surface area contributed by atoms with Crippen LogP contribution in [0.4, 0.5) is 9.59 Å². The van der Waals surface area contributed by atoms with E-state index in [-0.39, 0.29) is 0 Å². The van der Waals surface area contributed by atoms with Gasteiger partial charge in [-0.15, -0.1) is 0 Å². The van der Waals surface area contributed by atoms with Gasteiger partial charge in [0, 0.05) is 0 Å². The Bertz CT molecular complexity index is 253. The summed E-state index contributed by atoms with van der Waals surface area (Å²) in [5.41, 5.74) is -1.15. The van der Waals surface area contributed by atoms with Crippen molar-refractivity contribution in [2.75, 3.05) is 0 Å². The molecule has 0 unspecified atom stereocenters. The van der Waals surface area contributed by atoms with Crippen molar-refractivity contribution >= 4 is 24.3 Å². The number of carbonyl (C=O) groups is 2. The molecule has 2 amide bonds. The number of nitrogens with one attached hydrogen (secondary N) is 2. The van der Waals surface area contributed by atoms with Crippen LogP contribution in [0, 0.1) is 0 Å². The maximum atomic E-state index is 11.2. The molecule has 17 heavy (non-hydrogen) atoms. The van der Waals surface area contributed by atoms with E-state index in [1.165, 1.54) is 0 Å². The largest absolute Gasteiger partial charge is 0.443 e. The molecule has 0 atom stereocenters. The van der Waals surface area contributed by atoms with Gasteiger partial charge in [-0.05, 0) is 41.5 Å². The third kappa shape index (κ3) is 11.2. The summed E-state index contributed by atoms with van der Waals surface area (Å²) < 4.78 is 14.5. The Balaban J connectivity index is 3.78. The zero-order valence-corrected chi connectivity index (χ0v) is 11.9. The molecule has 0 aromatic rings. The summed E-state index contributed by atoms with van der Waals surface area (Å²) in [6.45, 7) is 10.5. The summed E-state index contributed by atoms with van der Waals surface area (Å²) in [5.74, 6) is 0. The van der Waals surface area contributed by atoms with E-state index in [9.17, 15) is 9.59 Å². The standard InChI is InChI=1S/C10H20N2O4S/c1-9(2,3)15-7(13)11-17-12-8(14)16-10(4,5)6/h1-6H3,(H,11,13)(H,12,14). The number of carbonyl (C=O) groups excluding carboxylic acids is 2. The lowest BCUT2D eigenvalue weighted by Crippen LogP contribution is -2.34. The molecule has 2 N–H and O–H groups in total. The molecule has 0 bridgehead atoms. The van der Waals surface area contributed by atoms with E-state index in [1.807, 2.05) is 0 Å². The Hall–Kier alpha value is -1.11. The van der Waals surface area contributed by atoms with Crippen molar-refractivity contribution in [3.63, 3.8) is 0 Å². The molecule has 100 valence electrons. The molecule has 0 aromatic carbocycles. The molecule has 0 aromatic heterocycles. The van der Waals surface area contributed by atoms with Gasteiger partial charge in [0.2, 0.25) is 0 Å². The minimum absolute atomic E-state index is 0.573. The number of hydrogen-bond acceptors (Lipinski definition) is 5. The van der Waals surface area contributed by atoms with Gasteiger partial charge in [-0.2, -0.15) is 0 Å². The zero-order valence-electron chi connectivity index (χ0n) is 11.0. The normalized spacial score (nSPS) is 11.6. The Morgan fingerprint density at radius 1 is 0.824 bits per heavy atom. The highest BCUT2D eigenvalue weighted by atomic mass is 32.2. The summed E-state index contributed by atoms with van der Waals surface area (Å²) in [6.07, 6.45) is -1.25. The van der Waals surface area contributed by atoms with Gasteiger partial charge in [0.1, 0.15) is 11.2 Å². The van der Waals surface area contributed by atoms with E-state index in [0.717, 1.165) is 0 Å². The van der Waals surface area contributed by atoms with Gasteiger partial charge in [-0.25, -0.2) is 19.0 Å². The SMILES string of the molecule is CC(C)(C)OC(=O)NSNC(=O)OC(C)(C)C. The van der Waals surface area contributed by atoms with Crippen LogP contribution in [0.2, 0.25) is 0 Å². The fourth-order valence-electron chi connectivity index (χ4n) is 0.707. The molecule has 0 heterocycles. The smallest absolute Gasteiger partial charge is 0.419 e. The van der Waals surface area contributed by atoms with Crippen LogP contribution in [-0.2, 0) is 9.47 Å². The van der Waals surface area contributed by atoms with E-state index in [2.05, 4.69) is 9.44 Å². The molecule has 0 aliphatic rings. The highest BCUT2D eigenvalue weighted by molar-refractivity contribution is 7.96. The van der Waals surface area contributed by atoms with E-state index >= 15 is 0 Å². The van der Waals surface area contributed by atoms with Crippen molar-refractivity contribution in [3.05, 3.63) is 0 Å². The topological polar surface area (TPSA) is 76.7 Å². The minimum atomic E-state index is -0.626. The van der Waals surface area contributed by atoms with E-state index in [1.54, 1.807) is 41.5 Å².